The molecule has 86 valence electrons. The minimum Gasteiger partial charge on any atom is -0.467 e. The molecule has 2 heterocycles. The second-order valence-electron chi connectivity index (χ2n) is 5.99. The van der Waals surface area contributed by atoms with Gasteiger partial charge < -0.3 is 9.73 Å². The Morgan fingerprint density at radius 3 is 2.88 bits per heavy atom. The Hall–Kier alpha value is -0.760. The molecule has 4 rings (SSSR count). The van der Waals surface area contributed by atoms with Crippen molar-refractivity contribution in [1.29, 1.82) is 0 Å². The van der Waals surface area contributed by atoms with Crippen LogP contribution in [0.1, 0.15) is 43.4 Å². The van der Waals surface area contributed by atoms with E-state index in [9.17, 15) is 0 Å². The topological polar surface area (TPSA) is 25.2 Å². The largest absolute Gasteiger partial charge is 0.467 e. The molecule has 1 spiro atoms. The maximum absolute atomic E-state index is 5.81. The summed E-state index contributed by atoms with van der Waals surface area (Å²) in [4.78, 5) is 0. The van der Waals surface area contributed by atoms with Crippen LogP contribution in [0.3, 0.4) is 0 Å². The van der Waals surface area contributed by atoms with E-state index in [0.717, 1.165) is 24.8 Å². The first kappa shape index (κ1) is 9.29. The zero-order valence-corrected chi connectivity index (χ0v) is 9.67. The number of hydrogen-bond acceptors (Lipinski definition) is 2. The molecule has 1 N–H and O–H groups in total. The van der Waals surface area contributed by atoms with Gasteiger partial charge in [-0.1, -0.05) is 12.8 Å². The van der Waals surface area contributed by atoms with Crippen LogP contribution < -0.4 is 5.32 Å². The lowest BCUT2D eigenvalue weighted by molar-refractivity contribution is 0.135. The van der Waals surface area contributed by atoms with Gasteiger partial charge in [-0.25, -0.2) is 0 Å². The second kappa shape index (κ2) is 3.13. The molecule has 2 atom stereocenters. The molecule has 0 amide bonds. The van der Waals surface area contributed by atoms with Crippen molar-refractivity contribution < 1.29 is 4.42 Å². The van der Waals surface area contributed by atoms with Gasteiger partial charge in [-0.2, -0.15) is 0 Å². The van der Waals surface area contributed by atoms with E-state index in [0.29, 0.717) is 0 Å². The summed E-state index contributed by atoms with van der Waals surface area (Å²) in [6.45, 7) is 1.13. The standard InChI is InChI=1S/C14H19NO/c1-2-11-7-10(1)8-14(9-11)13-12(3-5-15-14)4-6-16-13/h4,6,10-11,15H,1-3,5,7-9H2. The molecule has 16 heavy (non-hydrogen) atoms. The minimum atomic E-state index is 0.209. The molecule has 0 aromatic carbocycles. The van der Waals surface area contributed by atoms with Gasteiger partial charge in [0.2, 0.25) is 0 Å². The first-order valence-corrected chi connectivity index (χ1v) is 6.68. The first-order valence-electron chi connectivity index (χ1n) is 6.68. The second-order valence-corrected chi connectivity index (χ2v) is 5.99. The SMILES string of the molecule is c1cc2c(o1)C1(CC3CCC(C3)C1)NCC2. The number of furan rings is 1. The summed E-state index contributed by atoms with van der Waals surface area (Å²) in [6.07, 6.45) is 10.0. The lowest BCUT2D eigenvalue weighted by atomic mass is 9.71. The van der Waals surface area contributed by atoms with Gasteiger partial charge in [0, 0.05) is 6.54 Å². The Labute approximate surface area is 96.4 Å². The Kier molecular flexibility index (Phi) is 1.82. The third-order valence-electron chi connectivity index (χ3n) is 4.96. The highest BCUT2D eigenvalue weighted by molar-refractivity contribution is 5.29. The zero-order chi connectivity index (χ0) is 10.6. The third kappa shape index (κ3) is 1.17. The van der Waals surface area contributed by atoms with Crippen molar-refractivity contribution in [2.45, 2.75) is 44.1 Å². The van der Waals surface area contributed by atoms with E-state index in [1.165, 1.54) is 43.4 Å². The monoisotopic (exact) mass is 217 g/mol. The smallest absolute Gasteiger partial charge is 0.127 e. The van der Waals surface area contributed by atoms with Gasteiger partial charge >= 0.3 is 0 Å². The fourth-order valence-corrected chi connectivity index (χ4v) is 4.42. The fourth-order valence-electron chi connectivity index (χ4n) is 4.42. The quantitative estimate of drug-likeness (QED) is 0.723. The van der Waals surface area contributed by atoms with Gasteiger partial charge in [0.05, 0.1) is 11.8 Å². The van der Waals surface area contributed by atoms with Gasteiger partial charge in [0.15, 0.2) is 0 Å². The molecule has 2 bridgehead atoms. The molecule has 0 saturated heterocycles. The Morgan fingerprint density at radius 2 is 2.06 bits per heavy atom. The van der Waals surface area contributed by atoms with E-state index >= 15 is 0 Å². The van der Waals surface area contributed by atoms with Crippen molar-refractivity contribution in [3.05, 3.63) is 23.7 Å². The van der Waals surface area contributed by atoms with Crippen LogP contribution >= 0.6 is 0 Å². The highest BCUT2D eigenvalue weighted by Crippen LogP contribution is 2.52. The first-order chi connectivity index (χ1) is 7.86. The molecular weight excluding hydrogens is 198 g/mol. The third-order valence-corrected chi connectivity index (χ3v) is 4.96. The molecule has 2 aliphatic carbocycles. The Bertz CT molecular complexity index is 397. The predicted octanol–water partition coefficient (Wildman–Crippen LogP) is 2.83. The van der Waals surface area contributed by atoms with Crippen molar-refractivity contribution in [1.82, 2.24) is 5.32 Å². The van der Waals surface area contributed by atoms with E-state index in [1.54, 1.807) is 0 Å². The number of nitrogens with one attached hydrogen (secondary N) is 1. The normalized spacial score (nSPS) is 41.2. The highest BCUT2D eigenvalue weighted by atomic mass is 16.3. The van der Waals surface area contributed by atoms with Crippen LogP contribution in [-0.2, 0) is 12.0 Å². The maximum Gasteiger partial charge on any atom is 0.127 e. The van der Waals surface area contributed by atoms with Crippen molar-refractivity contribution in [2.75, 3.05) is 6.54 Å². The molecule has 2 heteroatoms. The molecule has 2 saturated carbocycles. The van der Waals surface area contributed by atoms with Gasteiger partial charge in [0.1, 0.15) is 5.76 Å². The molecule has 0 radical (unpaired) electrons. The van der Waals surface area contributed by atoms with Crippen LogP contribution in [0.5, 0.6) is 0 Å². The van der Waals surface area contributed by atoms with Gasteiger partial charge in [-0.05, 0) is 49.1 Å². The van der Waals surface area contributed by atoms with Crippen LogP contribution in [-0.4, -0.2) is 6.54 Å². The van der Waals surface area contributed by atoms with Crippen LogP contribution in [0, 0.1) is 11.8 Å². The number of hydrogen-bond donors (Lipinski definition) is 1. The van der Waals surface area contributed by atoms with E-state index < -0.39 is 0 Å². The maximum atomic E-state index is 5.81. The van der Waals surface area contributed by atoms with Crippen LogP contribution in [0.15, 0.2) is 16.7 Å². The lowest BCUT2D eigenvalue weighted by Gasteiger charge is -2.43. The molecule has 1 aromatic rings. The average Bonchev–Trinajstić information content (AvgIpc) is 2.87. The van der Waals surface area contributed by atoms with Crippen molar-refractivity contribution in [3.8, 4) is 0 Å². The summed E-state index contributed by atoms with van der Waals surface area (Å²) in [6, 6.07) is 2.18. The van der Waals surface area contributed by atoms with Crippen molar-refractivity contribution in [3.63, 3.8) is 0 Å². The minimum absolute atomic E-state index is 0.209. The molecule has 1 aromatic heterocycles. The van der Waals surface area contributed by atoms with Gasteiger partial charge in [0.25, 0.3) is 0 Å². The highest BCUT2D eigenvalue weighted by Gasteiger charge is 2.48. The van der Waals surface area contributed by atoms with E-state index in [4.69, 9.17) is 4.42 Å². The lowest BCUT2D eigenvalue weighted by Crippen LogP contribution is -2.50. The molecular formula is C14H19NO. The zero-order valence-electron chi connectivity index (χ0n) is 9.67. The van der Waals surface area contributed by atoms with Crippen LogP contribution in [0.25, 0.3) is 0 Å². The summed E-state index contributed by atoms with van der Waals surface area (Å²) < 4.78 is 5.81. The molecule has 2 fully saturated rings. The van der Waals surface area contributed by atoms with Gasteiger partial charge in [-0.15, -0.1) is 0 Å². The number of rotatable bonds is 0. The van der Waals surface area contributed by atoms with E-state index in [-0.39, 0.29) is 5.54 Å². The van der Waals surface area contributed by atoms with Crippen molar-refractivity contribution in [2.24, 2.45) is 11.8 Å². The molecule has 3 aliphatic rings. The molecule has 1 aliphatic heterocycles. The van der Waals surface area contributed by atoms with Crippen molar-refractivity contribution >= 4 is 0 Å². The molecule has 2 unspecified atom stereocenters. The fraction of sp³-hybridized carbons (Fsp3) is 0.714. The summed E-state index contributed by atoms with van der Waals surface area (Å²) in [7, 11) is 0. The molecule has 2 nitrogen and oxygen atoms in total. The van der Waals surface area contributed by atoms with Gasteiger partial charge in [-0.3, -0.25) is 0 Å². The average molecular weight is 217 g/mol. The summed E-state index contributed by atoms with van der Waals surface area (Å²) in [5, 5.41) is 3.78. The summed E-state index contributed by atoms with van der Waals surface area (Å²) >= 11 is 0. The predicted molar refractivity (Wildman–Crippen MR) is 62.2 cm³/mol. The van der Waals surface area contributed by atoms with Crippen LogP contribution in [0.4, 0.5) is 0 Å². The Balaban J connectivity index is 1.78. The number of fused-ring (bicyclic) bond motifs is 4. The Morgan fingerprint density at radius 1 is 1.25 bits per heavy atom. The summed E-state index contributed by atoms with van der Waals surface area (Å²) in [5.41, 5.74) is 1.67. The summed E-state index contributed by atoms with van der Waals surface area (Å²) in [5.74, 6) is 3.17. The van der Waals surface area contributed by atoms with E-state index in [2.05, 4.69) is 11.4 Å². The van der Waals surface area contributed by atoms with E-state index in [1.807, 2.05) is 6.26 Å². The van der Waals surface area contributed by atoms with Crippen LogP contribution in [0.2, 0.25) is 0 Å².